The number of nitrogens with zero attached hydrogens (tertiary/aromatic N) is 3. The van der Waals surface area contributed by atoms with E-state index in [9.17, 15) is 14.7 Å². The van der Waals surface area contributed by atoms with Crippen LogP contribution in [0.5, 0.6) is 5.88 Å². The number of carboxylic acids is 1. The van der Waals surface area contributed by atoms with Crippen LogP contribution in [0.25, 0.3) is 0 Å². The lowest BCUT2D eigenvalue weighted by Crippen LogP contribution is -2.29. The summed E-state index contributed by atoms with van der Waals surface area (Å²) in [6.07, 6.45) is 7.93. The van der Waals surface area contributed by atoms with E-state index in [4.69, 9.17) is 9.72 Å². The van der Waals surface area contributed by atoms with E-state index in [1.807, 2.05) is 11.0 Å². The summed E-state index contributed by atoms with van der Waals surface area (Å²) >= 11 is 0. The van der Waals surface area contributed by atoms with Gasteiger partial charge in [0.15, 0.2) is 0 Å². The predicted molar refractivity (Wildman–Crippen MR) is 129 cm³/mol. The van der Waals surface area contributed by atoms with Crippen molar-refractivity contribution < 1.29 is 19.4 Å². The molecule has 2 aromatic rings. The highest BCUT2D eigenvalue weighted by molar-refractivity contribution is 5.80. The van der Waals surface area contributed by atoms with Crippen molar-refractivity contribution in [2.45, 2.75) is 57.3 Å². The molecule has 1 unspecified atom stereocenters. The Hall–Kier alpha value is -3.16. The number of aliphatic carboxylic acids is 1. The van der Waals surface area contributed by atoms with Crippen LogP contribution in [-0.4, -0.2) is 58.6 Å². The summed E-state index contributed by atoms with van der Waals surface area (Å²) in [5, 5.41) is 12.7. The number of rotatable bonds is 11. The molecule has 0 aliphatic carbocycles. The largest absolute Gasteiger partial charge is 0.481 e. The Balaban J connectivity index is 1.25. The Kier molecular flexibility index (Phi) is 7.98. The number of carbonyl (C=O) groups is 2. The smallest absolute Gasteiger partial charge is 0.303 e. The lowest BCUT2D eigenvalue weighted by atomic mass is 9.92. The molecule has 1 fully saturated rings. The number of fused-ring (bicyclic) bond motifs is 1. The third-order valence-corrected chi connectivity index (χ3v) is 6.95. The minimum absolute atomic E-state index is 0.0476. The molecule has 2 atom stereocenters. The molecule has 0 aromatic carbocycles. The fraction of sp³-hybridized carbons (Fsp3) is 0.538. The quantitative estimate of drug-likeness (QED) is 0.521. The van der Waals surface area contributed by atoms with Crippen LogP contribution in [0.2, 0.25) is 0 Å². The zero-order valence-corrected chi connectivity index (χ0v) is 19.8. The van der Waals surface area contributed by atoms with Crippen LogP contribution in [0, 0.1) is 5.92 Å². The molecule has 34 heavy (non-hydrogen) atoms. The lowest BCUT2D eigenvalue weighted by Gasteiger charge is -2.20. The second kappa shape index (κ2) is 11.3. The van der Waals surface area contributed by atoms with E-state index in [0.29, 0.717) is 18.8 Å². The molecule has 8 nitrogen and oxygen atoms in total. The van der Waals surface area contributed by atoms with E-state index in [0.717, 1.165) is 68.7 Å². The lowest BCUT2D eigenvalue weighted by molar-refractivity contribution is -0.137. The third kappa shape index (κ3) is 6.04. The third-order valence-electron chi connectivity index (χ3n) is 6.95. The summed E-state index contributed by atoms with van der Waals surface area (Å²) in [7, 11) is 1.55. The van der Waals surface area contributed by atoms with Gasteiger partial charge in [-0.1, -0.05) is 12.1 Å². The topological polar surface area (TPSA) is 105 Å². The van der Waals surface area contributed by atoms with Crippen LogP contribution >= 0.6 is 0 Å². The normalized spacial score (nSPS) is 18.3. The number of methoxy groups -OCH3 is 1. The summed E-state index contributed by atoms with van der Waals surface area (Å²) in [5.41, 5.74) is 3.22. The number of carbonyl (C=O) groups excluding carboxylic acids is 1. The molecule has 8 heteroatoms. The fourth-order valence-electron chi connectivity index (χ4n) is 5.00. The van der Waals surface area contributed by atoms with Crippen molar-refractivity contribution in [2.24, 2.45) is 5.92 Å². The summed E-state index contributed by atoms with van der Waals surface area (Å²) in [6.45, 7) is 2.41. The number of carboxylic acid groups (broad SMARTS) is 1. The van der Waals surface area contributed by atoms with Crippen molar-refractivity contribution in [3.05, 3.63) is 47.3 Å². The molecular formula is C26H34N4O4. The van der Waals surface area contributed by atoms with E-state index in [2.05, 4.69) is 22.4 Å². The van der Waals surface area contributed by atoms with Gasteiger partial charge in [0.2, 0.25) is 11.8 Å². The number of anilines is 1. The predicted octanol–water partition coefficient (Wildman–Crippen LogP) is 3.66. The molecule has 0 spiro atoms. The minimum atomic E-state index is -0.830. The number of aryl methyl sites for hydroxylation is 2. The zero-order chi connectivity index (χ0) is 23.9. The molecule has 2 aliphatic rings. The fourth-order valence-corrected chi connectivity index (χ4v) is 5.00. The van der Waals surface area contributed by atoms with E-state index in [-0.39, 0.29) is 24.2 Å². The molecule has 1 amide bonds. The molecule has 0 saturated carbocycles. The molecule has 4 rings (SSSR count). The SMILES string of the molecule is COc1ccc(C(CCCN2CC[C@@H](CCc3ccc4c(n3)NCCC4)C2=O)CC(=O)O)cn1. The molecular weight excluding hydrogens is 432 g/mol. The Bertz CT molecular complexity index is 995. The van der Waals surface area contributed by atoms with Gasteiger partial charge in [0.25, 0.3) is 0 Å². The second-order valence-corrected chi connectivity index (χ2v) is 9.26. The van der Waals surface area contributed by atoms with Crippen LogP contribution < -0.4 is 10.1 Å². The highest BCUT2D eigenvalue weighted by Gasteiger charge is 2.31. The molecule has 2 aliphatic heterocycles. The first-order valence-corrected chi connectivity index (χ1v) is 12.3. The summed E-state index contributed by atoms with van der Waals surface area (Å²) in [4.78, 5) is 35.2. The van der Waals surface area contributed by atoms with Crippen molar-refractivity contribution >= 4 is 17.7 Å². The molecule has 2 N–H and O–H groups in total. The van der Waals surface area contributed by atoms with Crippen LogP contribution in [-0.2, 0) is 22.4 Å². The summed E-state index contributed by atoms with van der Waals surface area (Å²) in [5.74, 6) is 0.820. The molecule has 0 bridgehead atoms. The molecule has 0 radical (unpaired) electrons. The van der Waals surface area contributed by atoms with Gasteiger partial charge in [0.05, 0.1) is 13.5 Å². The highest BCUT2D eigenvalue weighted by atomic mass is 16.5. The Morgan fingerprint density at radius 3 is 2.97 bits per heavy atom. The standard InChI is InChI=1S/C26H34N4O4/c1-34-23-11-8-21(17-28-23)20(16-24(31)32)5-3-14-30-15-12-19(26(30)33)7-10-22-9-6-18-4-2-13-27-25(18)29-22/h6,8-9,11,17,19-20H,2-5,7,10,12-16H2,1H3,(H,27,29)(H,31,32)/t19-,20?/m1/s1. The first-order chi connectivity index (χ1) is 16.5. The Labute approximate surface area is 200 Å². The van der Waals surface area contributed by atoms with Gasteiger partial charge in [0, 0.05) is 43.5 Å². The number of likely N-dealkylation sites (tertiary alicyclic amines) is 1. The van der Waals surface area contributed by atoms with E-state index in [1.165, 1.54) is 5.56 Å². The van der Waals surface area contributed by atoms with Gasteiger partial charge in [-0.2, -0.15) is 0 Å². The van der Waals surface area contributed by atoms with Gasteiger partial charge in [-0.15, -0.1) is 0 Å². The first kappa shape index (κ1) is 24.0. The van der Waals surface area contributed by atoms with Crippen molar-refractivity contribution in [1.29, 1.82) is 0 Å². The number of hydrogen-bond acceptors (Lipinski definition) is 6. The van der Waals surface area contributed by atoms with Gasteiger partial charge in [-0.05, 0) is 68.1 Å². The maximum atomic E-state index is 12.9. The van der Waals surface area contributed by atoms with Gasteiger partial charge in [-0.3, -0.25) is 9.59 Å². The number of hydrogen-bond donors (Lipinski definition) is 2. The number of nitrogens with one attached hydrogen (secondary N) is 1. The van der Waals surface area contributed by atoms with Gasteiger partial charge >= 0.3 is 5.97 Å². The van der Waals surface area contributed by atoms with Crippen LogP contribution in [0.15, 0.2) is 30.5 Å². The maximum absolute atomic E-state index is 12.9. The Morgan fingerprint density at radius 1 is 1.32 bits per heavy atom. The van der Waals surface area contributed by atoms with Crippen molar-refractivity contribution in [1.82, 2.24) is 14.9 Å². The monoisotopic (exact) mass is 466 g/mol. The van der Waals surface area contributed by atoms with Crippen LogP contribution in [0.4, 0.5) is 5.82 Å². The van der Waals surface area contributed by atoms with Crippen LogP contribution in [0.3, 0.4) is 0 Å². The van der Waals surface area contributed by atoms with Crippen molar-refractivity contribution in [2.75, 3.05) is 32.1 Å². The molecule has 182 valence electrons. The van der Waals surface area contributed by atoms with E-state index >= 15 is 0 Å². The minimum Gasteiger partial charge on any atom is -0.481 e. The molecule has 1 saturated heterocycles. The van der Waals surface area contributed by atoms with Gasteiger partial charge in [0.1, 0.15) is 5.82 Å². The highest BCUT2D eigenvalue weighted by Crippen LogP contribution is 2.28. The van der Waals surface area contributed by atoms with Gasteiger partial charge < -0.3 is 20.1 Å². The Morgan fingerprint density at radius 2 is 2.21 bits per heavy atom. The summed E-state index contributed by atoms with van der Waals surface area (Å²) < 4.78 is 5.09. The van der Waals surface area contributed by atoms with Crippen molar-refractivity contribution in [3.63, 3.8) is 0 Å². The summed E-state index contributed by atoms with van der Waals surface area (Å²) in [6, 6.07) is 7.89. The number of pyridine rings is 2. The van der Waals surface area contributed by atoms with E-state index in [1.54, 1.807) is 19.4 Å². The number of aromatic nitrogens is 2. The molecule has 2 aromatic heterocycles. The zero-order valence-electron chi connectivity index (χ0n) is 19.8. The van der Waals surface area contributed by atoms with Gasteiger partial charge in [-0.25, -0.2) is 9.97 Å². The number of amides is 1. The average Bonchev–Trinajstić information content (AvgIpc) is 3.21. The maximum Gasteiger partial charge on any atom is 0.303 e. The van der Waals surface area contributed by atoms with E-state index < -0.39 is 5.97 Å². The van der Waals surface area contributed by atoms with Crippen molar-refractivity contribution in [3.8, 4) is 5.88 Å². The average molecular weight is 467 g/mol. The molecule has 4 heterocycles. The first-order valence-electron chi connectivity index (χ1n) is 12.3. The number of ether oxygens (including phenoxy) is 1. The van der Waals surface area contributed by atoms with Crippen LogP contribution in [0.1, 0.15) is 61.3 Å². The second-order valence-electron chi connectivity index (χ2n) is 9.26.